The van der Waals surface area contributed by atoms with Gasteiger partial charge in [-0.25, -0.2) is 0 Å². The van der Waals surface area contributed by atoms with Crippen LogP contribution >= 0.6 is 0 Å². The monoisotopic (exact) mass is 299 g/mol. The van der Waals surface area contributed by atoms with Crippen molar-refractivity contribution in [2.75, 3.05) is 13.2 Å². The van der Waals surface area contributed by atoms with E-state index in [-0.39, 0.29) is 18.9 Å². The Morgan fingerprint density at radius 2 is 1.77 bits per heavy atom. The highest BCUT2D eigenvalue weighted by atomic mass is 16.5. The van der Waals surface area contributed by atoms with Crippen LogP contribution in [0.2, 0.25) is 0 Å². The third-order valence-corrected chi connectivity index (χ3v) is 3.37. The lowest BCUT2D eigenvalue weighted by atomic mass is 10.0. The van der Waals surface area contributed by atoms with E-state index in [0.717, 1.165) is 5.56 Å². The number of Topliss-reactive ketones (excluding diaryl/α,β-unsaturated/α-hetero) is 1. The molecule has 4 nitrogen and oxygen atoms in total. The summed E-state index contributed by atoms with van der Waals surface area (Å²) < 4.78 is 5.51. The molecule has 0 bridgehead atoms. The van der Waals surface area contributed by atoms with Gasteiger partial charge in [-0.2, -0.15) is 0 Å². The number of aryl methyl sites for hydroxylation is 1. The minimum Gasteiger partial charge on any atom is -0.490 e. The Kier molecular flexibility index (Phi) is 6.13. The van der Waals surface area contributed by atoms with Crippen LogP contribution < -0.4 is 10.5 Å². The van der Waals surface area contributed by atoms with E-state index in [9.17, 15) is 9.90 Å². The molecule has 0 spiro atoms. The SMILES string of the molecule is NC[C@@H](O)COc1ccccc1C(=O)CCc1ccccc1. The number of hydrogen-bond donors (Lipinski definition) is 2. The van der Waals surface area contributed by atoms with Gasteiger partial charge in [0.1, 0.15) is 18.5 Å². The molecule has 3 N–H and O–H groups in total. The molecule has 2 aromatic carbocycles. The average molecular weight is 299 g/mol. The van der Waals surface area contributed by atoms with Gasteiger partial charge in [0, 0.05) is 13.0 Å². The topological polar surface area (TPSA) is 72.6 Å². The molecule has 0 aliphatic heterocycles. The van der Waals surface area contributed by atoms with Crippen LogP contribution in [0, 0.1) is 0 Å². The van der Waals surface area contributed by atoms with Crippen molar-refractivity contribution in [2.45, 2.75) is 18.9 Å². The number of para-hydroxylation sites is 1. The second-order valence-corrected chi connectivity index (χ2v) is 5.11. The molecule has 0 radical (unpaired) electrons. The van der Waals surface area contributed by atoms with Crippen molar-refractivity contribution in [3.63, 3.8) is 0 Å². The molecule has 0 aromatic heterocycles. The standard InChI is InChI=1S/C18H21NO3/c19-12-15(20)13-22-18-9-5-4-8-16(18)17(21)11-10-14-6-2-1-3-7-14/h1-9,15,20H,10-13,19H2/t15-/m1/s1. The largest absolute Gasteiger partial charge is 0.490 e. The Balaban J connectivity index is 1.99. The van der Waals surface area contributed by atoms with E-state index in [1.807, 2.05) is 36.4 Å². The van der Waals surface area contributed by atoms with Gasteiger partial charge in [-0.3, -0.25) is 4.79 Å². The zero-order valence-electron chi connectivity index (χ0n) is 12.4. The molecule has 0 unspecified atom stereocenters. The first kappa shape index (κ1) is 16.2. The molecule has 1 atom stereocenters. The van der Waals surface area contributed by atoms with Crippen molar-refractivity contribution in [1.29, 1.82) is 0 Å². The van der Waals surface area contributed by atoms with Gasteiger partial charge in [-0.1, -0.05) is 42.5 Å². The maximum absolute atomic E-state index is 12.4. The number of benzene rings is 2. The number of hydrogen-bond acceptors (Lipinski definition) is 4. The van der Waals surface area contributed by atoms with Crippen LogP contribution in [0.25, 0.3) is 0 Å². The molecule has 0 saturated heterocycles. The van der Waals surface area contributed by atoms with Gasteiger partial charge in [-0.05, 0) is 24.1 Å². The van der Waals surface area contributed by atoms with Crippen LogP contribution in [0.3, 0.4) is 0 Å². The fraction of sp³-hybridized carbons (Fsp3) is 0.278. The van der Waals surface area contributed by atoms with Gasteiger partial charge in [0.05, 0.1) is 5.56 Å². The number of aliphatic hydroxyl groups excluding tert-OH is 1. The number of rotatable bonds is 8. The third kappa shape index (κ3) is 4.69. The third-order valence-electron chi connectivity index (χ3n) is 3.37. The van der Waals surface area contributed by atoms with Crippen molar-refractivity contribution in [1.82, 2.24) is 0 Å². The van der Waals surface area contributed by atoms with Gasteiger partial charge in [-0.15, -0.1) is 0 Å². The highest BCUT2D eigenvalue weighted by Crippen LogP contribution is 2.20. The second-order valence-electron chi connectivity index (χ2n) is 5.11. The number of aliphatic hydroxyl groups is 1. The van der Waals surface area contributed by atoms with Crippen LogP contribution in [-0.2, 0) is 6.42 Å². The van der Waals surface area contributed by atoms with E-state index in [2.05, 4.69) is 0 Å². The molecule has 2 rings (SSSR count). The van der Waals surface area contributed by atoms with Crippen LogP contribution in [0.5, 0.6) is 5.75 Å². The molecule has 0 amide bonds. The lowest BCUT2D eigenvalue weighted by Gasteiger charge is -2.13. The van der Waals surface area contributed by atoms with E-state index in [1.54, 1.807) is 18.2 Å². The van der Waals surface area contributed by atoms with Gasteiger partial charge in [0.25, 0.3) is 0 Å². The summed E-state index contributed by atoms with van der Waals surface area (Å²) in [6.07, 6.45) is 0.385. The fourth-order valence-electron chi connectivity index (χ4n) is 2.11. The van der Waals surface area contributed by atoms with E-state index < -0.39 is 6.10 Å². The number of carbonyl (C=O) groups excluding carboxylic acids is 1. The zero-order chi connectivity index (χ0) is 15.8. The predicted molar refractivity (Wildman–Crippen MR) is 86.1 cm³/mol. The molecule has 2 aromatic rings. The van der Waals surface area contributed by atoms with E-state index in [1.165, 1.54) is 0 Å². The number of nitrogens with two attached hydrogens (primary N) is 1. The molecule has 0 fully saturated rings. The van der Waals surface area contributed by atoms with Crippen molar-refractivity contribution in [2.24, 2.45) is 5.73 Å². The summed E-state index contributed by atoms with van der Waals surface area (Å²) >= 11 is 0. The minimum atomic E-state index is -0.729. The summed E-state index contributed by atoms with van der Waals surface area (Å²) in [6, 6.07) is 17.0. The van der Waals surface area contributed by atoms with Crippen molar-refractivity contribution >= 4 is 5.78 Å². The Morgan fingerprint density at radius 3 is 2.50 bits per heavy atom. The van der Waals surface area contributed by atoms with Crippen molar-refractivity contribution < 1.29 is 14.6 Å². The Morgan fingerprint density at radius 1 is 1.09 bits per heavy atom. The smallest absolute Gasteiger partial charge is 0.166 e. The maximum Gasteiger partial charge on any atom is 0.166 e. The van der Waals surface area contributed by atoms with E-state index in [4.69, 9.17) is 10.5 Å². The molecule has 0 heterocycles. The van der Waals surface area contributed by atoms with Crippen LogP contribution in [0.1, 0.15) is 22.3 Å². The summed E-state index contributed by atoms with van der Waals surface area (Å²) in [4.78, 5) is 12.4. The summed E-state index contributed by atoms with van der Waals surface area (Å²) in [5.74, 6) is 0.523. The highest BCUT2D eigenvalue weighted by Gasteiger charge is 2.13. The van der Waals surface area contributed by atoms with Gasteiger partial charge in [0.2, 0.25) is 0 Å². The summed E-state index contributed by atoms with van der Waals surface area (Å²) in [5.41, 5.74) is 7.03. The quantitative estimate of drug-likeness (QED) is 0.733. The summed E-state index contributed by atoms with van der Waals surface area (Å²) in [5, 5.41) is 9.47. The first-order valence-electron chi connectivity index (χ1n) is 7.38. The Hall–Kier alpha value is -2.17. The first-order valence-corrected chi connectivity index (χ1v) is 7.38. The first-order chi connectivity index (χ1) is 10.7. The summed E-state index contributed by atoms with van der Waals surface area (Å²) in [6.45, 7) is 0.212. The van der Waals surface area contributed by atoms with Crippen molar-refractivity contribution in [3.8, 4) is 5.75 Å². The van der Waals surface area contributed by atoms with E-state index >= 15 is 0 Å². The minimum absolute atomic E-state index is 0.0293. The van der Waals surface area contributed by atoms with Gasteiger partial charge < -0.3 is 15.6 Å². The molecule has 0 aliphatic carbocycles. The van der Waals surface area contributed by atoms with Crippen molar-refractivity contribution in [3.05, 3.63) is 65.7 Å². The normalized spacial score (nSPS) is 11.9. The number of carbonyl (C=O) groups is 1. The molecule has 0 aliphatic rings. The molecule has 116 valence electrons. The fourth-order valence-corrected chi connectivity index (χ4v) is 2.11. The summed E-state index contributed by atoms with van der Waals surface area (Å²) in [7, 11) is 0. The highest BCUT2D eigenvalue weighted by molar-refractivity contribution is 5.98. The molecular formula is C18H21NO3. The average Bonchev–Trinajstić information content (AvgIpc) is 2.58. The van der Waals surface area contributed by atoms with Crippen LogP contribution in [0.4, 0.5) is 0 Å². The van der Waals surface area contributed by atoms with Gasteiger partial charge >= 0.3 is 0 Å². The van der Waals surface area contributed by atoms with Crippen LogP contribution in [-0.4, -0.2) is 30.1 Å². The van der Waals surface area contributed by atoms with Crippen LogP contribution in [0.15, 0.2) is 54.6 Å². The van der Waals surface area contributed by atoms with E-state index in [0.29, 0.717) is 24.2 Å². The maximum atomic E-state index is 12.4. The molecule has 4 heteroatoms. The zero-order valence-corrected chi connectivity index (χ0v) is 12.4. The Bertz CT molecular complexity index is 598. The molecular weight excluding hydrogens is 278 g/mol. The number of ketones is 1. The Labute approximate surface area is 130 Å². The molecule has 0 saturated carbocycles. The second kappa shape index (κ2) is 8.32. The predicted octanol–water partition coefficient (Wildman–Crippen LogP) is 2.20. The lowest BCUT2D eigenvalue weighted by molar-refractivity contribution is 0.0961. The van der Waals surface area contributed by atoms with Gasteiger partial charge in [0.15, 0.2) is 5.78 Å². The lowest BCUT2D eigenvalue weighted by Crippen LogP contribution is -2.27. The number of ether oxygens (including phenoxy) is 1. The molecule has 22 heavy (non-hydrogen) atoms.